The summed E-state index contributed by atoms with van der Waals surface area (Å²) in [6.07, 6.45) is 12.8. The SMILES string of the molecule is CCCCCCCCCC(=CCNC(=O)CCC(=O)O)c1nc[nH]n1. The molecule has 0 radical (unpaired) electrons. The van der Waals surface area contributed by atoms with Crippen LogP contribution in [0.25, 0.3) is 5.57 Å². The van der Waals surface area contributed by atoms with Crippen molar-refractivity contribution in [3.8, 4) is 0 Å². The topological polar surface area (TPSA) is 108 Å². The summed E-state index contributed by atoms with van der Waals surface area (Å²) in [6.45, 7) is 2.58. The summed E-state index contributed by atoms with van der Waals surface area (Å²) >= 11 is 0. The molecule has 1 heterocycles. The predicted molar refractivity (Wildman–Crippen MR) is 96.8 cm³/mol. The molecule has 0 saturated carbocycles. The molecule has 0 fully saturated rings. The quantitative estimate of drug-likeness (QED) is 0.446. The van der Waals surface area contributed by atoms with Crippen molar-refractivity contribution < 1.29 is 14.7 Å². The van der Waals surface area contributed by atoms with Gasteiger partial charge in [0.25, 0.3) is 0 Å². The number of carbonyl (C=O) groups is 2. The number of unbranched alkanes of at least 4 members (excludes halogenated alkanes) is 6. The highest BCUT2D eigenvalue weighted by molar-refractivity contribution is 5.80. The average molecular weight is 350 g/mol. The van der Waals surface area contributed by atoms with Crippen LogP contribution >= 0.6 is 0 Å². The number of aromatic nitrogens is 3. The standard InChI is InChI=1S/C18H30N4O3/c1-2-3-4-5-6-7-8-9-15(18-20-14-21-22-18)12-13-19-16(23)10-11-17(24)25/h12,14H,2-11,13H2,1H3,(H,19,23)(H,24,25)(H,20,21,22). The van der Waals surface area contributed by atoms with Crippen LogP contribution in [0.5, 0.6) is 0 Å². The fourth-order valence-corrected chi connectivity index (χ4v) is 2.54. The van der Waals surface area contributed by atoms with Crippen LogP contribution in [-0.2, 0) is 9.59 Å². The molecular weight excluding hydrogens is 320 g/mol. The molecule has 0 saturated heterocycles. The third-order valence-corrected chi connectivity index (χ3v) is 3.97. The lowest BCUT2D eigenvalue weighted by molar-refractivity contribution is -0.138. The fraction of sp³-hybridized carbons (Fsp3) is 0.667. The van der Waals surface area contributed by atoms with E-state index in [1.807, 2.05) is 6.08 Å². The summed E-state index contributed by atoms with van der Waals surface area (Å²) in [5, 5.41) is 18.1. The number of hydrogen-bond acceptors (Lipinski definition) is 4. The average Bonchev–Trinajstić information content (AvgIpc) is 3.12. The zero-order chi connectivity index (χ0) is 18.3. The maximum absolute atomic E-state index is 11.6. The fourth-order valence-electron chi connectivity index (χ4n) is 2.54. The zero-order valence-electron chi connectivity index (χ0n) is 15.1. The molecule has 3 N–H and O–H groups in total. The Balaban J connectivity index is 2.35. The van der Waals surface area contributed by atoms with Gasteiger partial charge in [-0.2, -0.15) is 5.10 Å². The van der Waals surface area contributed by atoms with E-state index in [4.69, 9.17) is 5.11 Å². The van der Waals surface area contributed by atoms with Crippen molar-refractivity contribution in [2.24, 2.45) is 0 Å². The lowest BCUT2D eigenvalue weighted by Crippen LogP contribution is -2.24. The molecule has 0 bridgehead atoms. The highest BCUT2D eigenvalue weighted by atomic mass is 16.4. The van der Waals surface area contributed by atoms with Crippen LogP contribution in [0, 0.1) is 0 Å². The molecule has 1 rings (SSSR count). The Hall–Kier alpha value is -2.18. The molecule has 0 atom stereocenters. The van der Waals surface area contributed by atoms with Gasteiger partial charge in [0.05, 0.1) is 6.42 Å². The van der Waals surface area contributed by atoms with Crippen molar-refractivity contribution in [2.75, 3.05) is 6.54 Å². The van der Waals surface area contributed by atoms with Gasteiger partial charge in [0.1, 0.15) is 6.33 Å². The van der Waals surface area contributed by atoms with E-state index in [9.17, 15) is 9.59 Å². The van der Waals surface area contributed by atoms with Gasteiger partial charge in [-0.15, -0.1) is 0 Å². The van der Waals surface area contributed by atoms with Gasteiger partial charge in [0, 0.05) is 13.0 Å². The molecule has 1 amide bonds. The van der Waals surface area contributed by atoms with E-state index in [0.717, 1.165) is 18.4 Å². The molecular formula is C18H30N4O3. The summed E-state index contributed by atoms with van der Waals surface area (Å²) < 4.78 is 0. The molecule has 7 nitrogen and oxygen atoms in total. The highest BCUT2D eigenvalue weighted by Crippen LogP contribution is 2.18. The number of aromatic amines is 1. The predicted octanol–water partition coefficient (Wildman–Crippen LogP) is 3.31. The van der Waals surface area contributed by atoms with Crippen molar-refractivity contribution >= 4 is 17.4 Å². The van der Waals surface area contributed by atoms with Crippen LogP contribution < -0.4 is 5.32 Å². The third-order valence-electron chi connectivity index (χ3n) is 3.97. The van der Waals surface area contributed by atoms with Gasteiger partial charge in [0.15, 0.2) is 5.82 Å². The second-order valence-electron chi connectivity index (χ2n) is 6.12. The minimum absolute atomic E-state index is 0.00305. The van der Waals surface area contributed by atoms with Gasteiger partial charge >= 0.3 is 5.97 Å². The summed E-state index contributed by atoms with van der Waals surface area (Å²) in [6, 6.07) is 0. The maximum atomic E-state index is 11.6. The zero-order valence-corrected chi connectivity index (χ0v) is 15.1. The number of rotatable bonds is 14. The van der Waals surface area contributed by atoms with Crippen molar-refractivity contribution in [3.05, 3.63) is 18.2 Å². The molecule has 25 heavy (non-hydrogen) atoms. The van der Waals surface area contributed by atoms with E-state index in [0.29, 0.717) is 12.4 Å². The smallest absolute Gasteiger partial charge is 0.303 e. The number of carbonyl (C=O) groups excluding carboxylic acids is 1. The number of carboxylic acid groups (broad SMARTS) is 1. The Bertz CT molecular complexity index is 526. The van der Waals surface area contributed by atoms with Crippen molar-refractivity contribution in [1.29, 1.82) is 0 Å². The number of aliphatic carboxylic acids is 1. The Morgan fingerprint density at radius 2 is 1.84 bits per heavy atom. The van der Waals surface area contributed by atoms with Gasteiger partial charge in [-0.1, -0.05) is 51.5 Å². The monoisotopic (exact) mass is 350 g/mol. The summed E-state index contributed by atoms with van der Waals surface area (Å²) in [5.74, 6) is -0.569. The van der Waals surface area contributed by atoms with E-state index in [1.165, 1.54) is 38.5 Å². The highest BCUT2D eigenvalue weighted by Gasteiger charge is 2.07. The van der Waals surface area contributed by atoms with E-state index in [1.54, 1.807) is 6.33 Å². The molecule has 0 aromatic carbocycles. The Morgan fingerprint density at radius 3 is 2.48 bits per heavy atom. The maximum Gasteiger partial charge on any atom is 0.303 e. The molecule has 7 heteroatoms. The summed E-state index contributed by atoms with van der Waals surface area (Å²) in [4.78, 5) is 26.2. The lowest BCUT2D eigenvalue weighted by atomic mass is 10.0. The van der Waals surface area contributed by atoms with E-state index < -0.39 is 5.97 Å². The van der Waals surface area contributed by atoms with Crippen LogP contribution in [0.1, 0.15) is 77.0 Å². The molecule has 1 aromatic heterocycles. The number of carboxylic acids is 1. The number of H-pyrrole nitrogens is 1. The van der Waals surface area contributed by atoms with Gasteiger partial charge < -0.3 is 10.4 Å². The molecule has 0 aliphatic rings. The van der Waals surface area contributed by atoms with E-state index in [2.05, 4.69) is 27.4 Å². The van der Waals surface area contributed by atoms with E-state index in [-0.39, 0.29) is 18.7 Å². The first kappa shape index (κ1) is 20.9. The van der Waals surface area contributed by atoms with Gasteiger partial charge in [-0.3, -0.25) is 14.7 Å². The minimum atomic E-state index is -0.967. The Morgan fingerprint density at radius 1 is 1.12 bits per heavy atom. The second-order valence-corrected chi connectivity index (χ2v) is 6.12. The Kier molecular flexibility index (Phi) is 11.0. The van der Waals surface area contributed by atoms with Gasteiger partial charge in [0.2, 0.25) is 5.91 Å². The van der Waals surface area contributed by atoms with Crippen LogP contribution in [0.15, 0.2) is 12.4 Å². The molecule has 1 aromatic rings. The number of hydrogen-bond donors (Lipinski definition) is 3. The normalized spacial score (nSPS) is 11.5. The summed E-state index contributed by atoms with van der Waals surface area (Å²) in [7, 11) is 0. The van der Waals surface area contributed by atoms with Crippen molar-refractivity contribution in [1.82, 2.24) is 20.5 Å². The molecule has 0 unspecified atom stereocenters. The third kappa shape index (κ3) is 10.3. The molecule has 140 valence electrons. The van der Waals surface area contributed by atoms with Gasteiger partial charge in [-0.05, 0) is 18.4 Å². The lowest BCUT2D eigenvalue weighted by Gasteiger charge is -2.06. The number of allylic oxidation sites excluding steroid dienone is 1. The van der Waals surface area contributed by atoms with Crippen LogP contribution in [0.3, 0.4) is 0 Å². The first-order chi connectivity index (χ1) is 12.1. The van der Waals surface area contributed by atoms with E-state index >= 15 is 0 Å². The van der Waals surface area contributed by atoms with Crippen LogP contribution in [0.4, 0.5) is 0 Å². The molecule has 0 spiro atoms. The number of nitrogens with zero attached hydrogens (tertiary/aromatic N) is 2. The summed E-state index contributed by atoms with van der Waals surface area (Å²) in [5.41, 5.74) is 1.01. The van der Waals surface area contributed by atoms with Crippen LogP contribution in [-0.4, -0.2) is 38.7 Å². The minimum Gasteiger partial charge on any atom is -0.481 e. The molecule has 0 aliphatic heterocycles. The van der Waals surface area contributed by atoms with Crippen molar-refractivity contribution in [2.45, 2.75) is 71.1 Å². The molecule has 0 aliphatic carbocycles. The van der Waals surface area contributed by atoms with Crippen LogP contribution in [0.2, 0.25) is 0 Å². The first-order valence-corrected chi connectivity index (χ1v) is 9.17. The van der Waals surface area contributed by atoms with Gasteiger partial charge in [-0.25, -0.2) is 4.98 Å². The largest absolute Gasteiger partial charge is 0.481 e. The van der Waals surface area contributed by atoms with Crippen molar-refractivity contribution in [3.63, 3.8) is 0 Å². The second kappa shape index (κ2) is 13.1. The Labute approximate surface area is 149 Å². The number of nitrogens with one attached hydrogen (secondary N) is 2. The number of amides is 1. The first-order valence-electron chi connectivity index (χ1n) is 9.17.